The third-order valence-corrected chi connectivity index (χ3v) is 4.54. The maximum absolute atomic E-state index is 15.1. The number of amides is 1. The van der Waals surface area contributed by atoms with Crippen molar-refractivity contribution in [2.75, 3.05) is 13.2 Å². The molecule has 2 N–H and O–H groups in total. The number of aromatic nitrogens is 2. The maximum Gasteiger partial charge on any atom is 0.275 e. The Balaban J connectivity index is 2.09. The van der Waals surface area contributed by atoms with Crippen molar-refractivity contribution < 1.29 is 23.5 Å². The number of imidazole rings is 1. The van der Waals surface area contributed by atoms with Crippen molar-refractivity contribution in [1.82, 2.24) is 15.0 Å². The first-order chi connectivity index (χ1) is 12.9. The van der Waals surface area contributed by atoms with Gasteiger partial charge in [-0.3, -0.25) is 9.63 Å². The largest absolute Gasteiger partial charge is 0.394 e. The summed E-state index contributed by atoms with van der Waals surface area (Å²) in [5.41, 5.74) is 2.91. The van der Waals surface area contributed by atoms with Gasteiger partial charge in [-0.25, -0.2) is 19.2 Å². The van der Waals surface area contributed by atoms with Crippen LogP contribution in [0.3, 0.4) is 0 Å². The van der Waals surface area contributed by atoms with Crippen LogP contribution in [-0.4, -0.2) is 33.8 Å². The van der Waals surface area contributed by atoms with E-state index in [0.29, 0.717) is 9.99 Å². The zero-order valence-electron chi connectivity index (χ0n) is 14.3. The summed E-state index contributed by atoms with van der Waals surface area (Å²) >= 11 is 3.18. The highest BCUT2D eigenvalue weighted by Gasteiger charge is 2.22. The van der Waals surface area contributed by atoms with Gasteiger partial charge < -0.3 is 9.67 Å². The van der Waals surface area contributed by atoms with Crippen molar-refractivity contribution in [3.8, 4) is 0 Å². The van der Waals surface area contributed by atoms with Gasteiger partial charge in [0.15, 0.2) is 5.82 Å². The number of aliphatic hydroxyl groups excluding tert-OH is 1. The van der Waals surface area contributed by atoms with Crippen LogP contribution < -0.4 is 5.48 Å². The molecule has 0 radical (unpaired) electrons. The Bertz CT molecular complexity index is 1010. The quantitative estimate of drug-likeness (QED) is 0.457. The van der Waals surface area contributed by atoms with Crippen LogP contribution >= 0.6 is 15.9 Å². The predicted molar refractivity (Wildman–Crippen MR) is 98.1 cm³/mol. The molecule has 142 valence electrons. The highest BCUT2D eigenvalue weighted by molar-refractivity contribution is 9.10. The predicted octanol–water partition coefficient (Wildman–Crippen LogP) is 2.86. The molecule has 0 fully saturated rings. The molecule has 0 atom stereocenters. The number of fused-ring (bicyclic) bond motifs is 1. The lowest BCUT2D eigenvalue weighted by Gasteiger charge is -2.13. The van der Waals surface area contributed by atoms with E-state index in [1.807, 2.05) is 0 Å². The summed E-state index contributed by atoms with van der Waals surface area (Å²) in [7, 11) is 1.67. The molecule has 1 amide bonds. The van der Waals surface area contributed by atoms with Crippen molar-refractivity contribution in [2.45, 2.75) is 6.42 Å². The first-order valence-electron chi connectivity index (χ1n) is 8.01. The molecule has 0 saturated carbocycles. The summed E-state index contributed by atoms with van der Waals surface area (Å²) in [5, 5.41) is 8.75. The molecular weight excluding hydrogens is 424 g/mol. The Labute approximate surface area is 161 Å². The fourth-order valence-corrected chi connectivity index (χ4v) is 3.05. The van der Waals surface area contributed by atoms with Crippen LogP contribution in [0.4, 0.5) is 8.78 Å². The topological polar surface area (TPSA) is 76.4 Å². The van der Waals surface area contributed by atoms with Gasteiger partial charge in [0.2, 0.25) is 0 Å². The van der Waals surface area contributed by atoms with Crippen LogP contribution in [0.15, 0.2) is 35.1 Å². The van der Waals surface area contributed by atoms with Crippen LogP contribution in [0.2, 0.25) is 0 Å². The number of benzene rings is 2. The van der Waals surface area contributed by atoms with Crippen LogP contribution in [0, 0.1) is 11.6 Å². The Morgan fingerprint density at radius 1 is 1.37 bits per heavy atom. The summed E-state index contributed by atoms with van der Waals surface area (Å²) < 4.78 is 31.5. The first-order valence-corrected chi connectivity index (χ1v) is 8.81. The molecule has 0 spiro atoms. The second kappa shape index (κ2) is 8.12. The van der Waals surface area contributed by atoms with Crippen molar-refractivity contribution in [2.24, 2.45) is 7.05 Å². The number of halogens is 3. The average Bonchev–Trinajstić information content (AvgIpc) is 3.00. The standard InChI is InChI=1S/C18H16BrF2N3O3/c1-24-9-22-17-15(24)8-13(18(26)23-27-5-4-25)12(16(17)21)6-10-2-3-11(19)7-14(10)20/h2-3,7-9,25H,4-6H2,1H3,(H,23,26). The minimum atomic E-state index is -0.696. The maximum atomic E-state index is 15.1. The van der Waals surface area contributed by atoms with E-state index >= 15 is 4.39 Å². The van der Waals surface area contributed by atoms with Crippen LogP contribution in [0.5, 0.6) is 0 Å². The average molecular weight is 440 g/mol. The van der Waals surface area contributed by atoms with Gasteiger partial charge in [0.05, 0.1) is 30.6 Å². The molecule has 9 heteroatoms. The monoisotopic (exact) mass is 439 g/mol. The van der Waals surface area contributed by atoms with Crippen molar-refractivity contribution in [1.29, 1.82) is 0 Å². The molecule has 1 heterocycles. The first kappa shape index (κ1) is 19.4. The smallest absolute Gasteiger partial charge is 0.275 e. The number of carbonyl (C=O) groups is 1. The number of hydrogen-bond donors (Lipinski definition) is 2. The highest BCUT2D eigenvalue weighted by Crippen LogP contribution is 2.27. The van der Waals surface area contributed by atoms with Gasteiger partial charge in [-0.2, -0.15) is 0 Å². The summed E-state index contributed by atoms with van der Waals surface area (Å²) in [6, 6.07) is 5.91. The summed E-state index contributed by atoms with van der Waals surface area (Å²) in [6.07, 6.45) is 1.29. The van der Waals surface area contributed by atoms with E-state index in [2.05, 4.69) is 26.4 Å². The lowest BCUT2D eigenvalue weighted by atomic mass is 9.97. The normalized spacial score (nSPS) is 11.1. The zero-order valence-corrected chi connectivity index (χ0v) is 15.9. The van der Waals surface area contributed by atoms with Gasteiger partial charge in [0, 0.05) is 23.5 Å². The number of hydrogen-bond acceptors (Lipinski definition) is 4. The van der Waals surface area contributed by atoms with E-state index in [-0.39, 0.29) is 41.8 Å². The van der Waals surface area contributed by atoms with Crippen LogP contribution in [0.1, 0.15) is 21.5 Å². The molecule has 27 heavy (non-hydrogen) atoms. The Hall–Kier alpha value is -2.36. The Kier molecular flexibility index (Phi) is 5.83. The molecule has 0 aliphatic carbocycles. The molecule has 0 bridgehead atoms. The Morgan fingerprint density at radius 3 is 2.85 bits per heavy atom. The SMILES string of the molecule is Cn1cnc2c(F)c(Cc3ccc(Br)cc3F)c(C(=O)NOCCO)cc21. The highest BCUT2D eigenvalue weighted by atomic mass is 79.9. The number of aliphatic hydroxyl groups is 1. The molecule has 0 aliphatic heterocycles. The lowest BCUT2D eigenvalue weighted by molar-refractivity contribution is 0.0167. The van der Waals surface area contributed by atoms with Crippen molar-refractivity contribution in [3.05, 3.63) is 63.4 Å². The second-order valence-corrected chi connectivity index (χ2v) is 6.77. The number of hydroxylamine groups is 1. The van der Waals surface area contributed by atoms with Gasteiger partial charge in [-0.05, 0) is 23.8 Å². The van der Waals surface area contributed by atoms with E-state index in [1.165, 1.54) is 24.5 Å². The zero-order chi connectivity index (χ0) is 19.6. The number of nitrogens with zero attached hydrogens (tertiary/aromatic N) is 2. The summed E-state index contributed by atoms with van der Waals surface area (Å²) in [5.74, 6) is -1.91. The number of nitrogens with one attached hydrogen (secondary N) is 1. The minimum absolute atomic E-state index is 0.00357. The van der Waals surface area contributed by atoms with Gasteiger partial charge in [-0.15, -0.1) is 0 Å². The van der Waals surface area contributed by atoms with Crippen molar-refractivity contribution in [3.63, 3.8) is 0 Å². The fraction of sp³-hybridized carbons (Fsp3) is 0.222. The minimum Gasteiger partial charge on any atom is -0.394 e. The van der Waals surface area contributed by atoms with Crippen LogP contribution in [-0.2, 0) is 18.3 Å². The Morgan fingerprint density at radius 2 is 2.15 bits per heavy atom. The van der Waals surface area contributed by atoms with E-state index in [1.54, 1.807) is 17.7 Å². The summed E-state index contributed by atoms with van der Waals surface area (Å²) in [6.45, 7) is -0.398. The van der Waals surface area contributed by atoms with Gasteiger partial charge >= 0.3 is 0 Å². The van der Waals surface area contributed by atoms with Gasteiger partial charge in [0.25, 0.3) is 5.91 Å². The molecule has 0 aliphatic rings. The molecule has 6 nitrogen and oxygen atoms in total. The number of aryl methyl sites for hydroxylation is 1. The molecule has 0 unspecified atom stereocenters. The van der Waals surface area contributed by atoms with E-state index in [9.17, 15) is 9.18 Å². The van der Waals surface area contributed by atoms with Gasteiger partial charge in [-0.1, -0.05) is 22.0 Å². The third-order valence-electron chi connectivity index (χ3n) is 4.05. The number of carbonyl (C=O) groups excluding carboxylic acids is 1. The molecule has 2 aromatic carbocycles. The van der Waals surface area contributed by atoms with Gasteiger partial charge in [0.1, 0.15) is 11.3 Å². The molecule has 3 aromatic rings. The third kappa shape index (κ3) is 4.00. The second-order valence-electron chi connectivity index (χ2n) is 5.86. The van der Waals surface area contributed by atoms with Crippen molar-refractivity contribution >= 4 is 32.9 Å². The van der Waals surface area contributed by atoms with E-state index in [4.69, 9.17) is 9.94 Å². The van der Waals surface area contributed by atoms with Crippen LogP contribution in [0.25, 0.3) is 11.0 Å². The fourth-order valence-electron chi connectivity index (χ4n) is 2.71. The summed E-state index contributed by atoms with van der Waals surface area (Å²) in [4.78, 5) is 21.3. The number of rotatable bonds is 6. The molecule has 1 aromatic heterocycles. The van der Waals surface area contributed by atoms with E-state index < -0.39 is 17.5 Å². The van der Waals surface area contributed by atoms with E-state index in [0.717, 1.165) is 0 Å². The lowest BCUT2D eigenvalue weighted by Crippen LogP contribution is -2.26. The molecular formula is C18H16BrF2N3O3. The molecule has 3 rings (SSSR count). The molecule has 0 saturated heterocycles.